The predicted molar refractivity (Wildman–Crippen MR) is 66.5 cm³/mol. The fourth-order valence-corrected chi connectivity index (χ4v) is 1.44. The molecule has 0 radical (unpaired) electrons. The molecule has 19 heavy (non-hydrogen) atoms. The number of aliphatic hydroxyl groups is 1. The number of aliphatic carboxylic acids is 1. The molecule has 0 unspecified atom stereocenters. The van der Waals surface area contributed by atoms with Gasteiger partial charge in [-0.2, -0.15) is 0 Å². The first-order chi connectivity index (χ1) is 9.13. The lowest BCUT2D eigenvalue weighted by Crippen LogP contribution is -2.48. The predicted octanol–water partition coefficient (Wildman–Crippen LogP) is -0.592. The van der Waals surface area contributed by atoms with E-state index >= 15 is 0 Å². The first kappa shape index (κ1) is 15.0. The molecule has 2 amide bonds. The Morgan fingerprint density at radius 3 is 2.74 bits per heavy atom. The third-order valence-corrected chi connectivity index (χ3v) is 2.47. The fraction of sp³-hybridized carbons (Fsp3) is 0.545. The molecule has 1 heterocycles. The van der Waals surface area contributed by atoms with Gasteiger partial charge in [-0.05, 0) is 12.8 Å². The number of carbonyl (C=O) groups excluding carboxylic acids is 1. The summed E-state index contributed by atoms with van der Waals surface area (Å²) in [6.45, 7) is 0.624. The van der Waals surface area contributed by atoms with Crippen molar-refractivity contribution < 1.29 is 19.8 Å². The molecule has 1 aromatic rings. The Hall–Kier alpha value is -2.09. The molecule has 0 bridgehead atoms. The molecule has 4 N–H and O–H groups in total. The van der Waals surface area contributed by atoms with Crippen molar-refractivity contribution in [2.45, 2.75) is 25.4 Å². The number of urea groups is 1. The highest BCUT2D eigenvalue weighted by molar-refractivity contribution is 5.82. The number of hydrogen-bond acceptors (Lipinski definition) is 4. The van der Waals surface area contributed by atoms with Crippen LogP contribution >= 0.6 is 0 Å². The molecule has 1 aromatic heterocycles. The van der Waals surface area contributed by atoms with Gasteiger partial charge in [0.05, 0.1) is 12.9 Å². The molecule has 0 saturated carbocycles. The molecule has 0 aromatic carbocycles. The van der Waals surface area contributed by atoms with E-state index in [1.807, 2.05) is 10.8 Å². The highest BCUT2D eigenvalue weighted by Gasteiger charge is 2.17. The smallest absolute Gasteiger partial charge is 0.328 e. The van der Waals surface area contributed by atoms with Gasteiger partial charge in [0.2, 0.25) is 0 Å². The molecule has 1 rings (SSSR count). The average molecular weight is 270 g/mol. The van der Waals surface area contributed by atoms with Gasteiger partial charge in [0.1, 0.15) is 0 Å². The van der Waals surface area contributed by atoms with Gasteiger partial charge in [0, 0.05) is 25.5 Å². The lowest BCUT2D eigenvalue weighted by Gasteiger charge is -2.12. The minimum atomic E-state index is -1.27. The van der Waals surface area contributed by atoms with Gasteiger partial charge < -0.3 is 25.4 Å². The standard InChI is InChI=1S/C11H18N4O4/c16-7-9(10(17)18)14-11(19)13-3-1-2-5-15-6-4-12-8-15/h4,6,8-9,16H,1-3,5,7H2,(H,17,18)(H2,13,14,19)/t9-/m1/s1. The molecule has 0 aliphatic rings. The maximum absolute atomic E-state index is 11.3. The van der Waals surface area contributed by atoms with Crippen molar-refractivity contribution in [3.8, 4) is 0 Å². The van der Waals surface area contributed by atoms with Crippen LogP contribution in [0.1, 0.15) is 12.8 Å². The number of unbranched alkanes of at least 4 members (excludes halogenated alkanes) is 1. The normalized spacial score (nSPS) is 11.8. The second-order valence-electron chi connectivity index (χ2n) is 3.98. The highest BCUT2D eigenvalue weighted by Crippen LogP contribution is 1.94. The molecule has 106 valence electrons. The average Bonchev–Trinajstić information content (AvgIpc) is 2.88. The van der Waals surface area contributed by atoms with Gasteiger partial charge in [-0.3, -0.25) is 0 Å². The minimum Gasteiger partial charge on any atom is -0.480 e. The lowest BCUT2D eigenvalue weighted by molar-refractivity contribution is -0.140. The zero-order valence-electron chi connectivity index (χ0n) is 10.5. The van der Waals surface area contributed by atoms with E-state index in [2.05, 4.69) is 15.6 Å². The van der Waals surface area contributed by atoms with E-state index in [-0.39, 0.29) is 0 Å². The number of amides is 2. The van der Waals surface area contributed by atoms with E-state index in [4.69, 9.17) is 10.2 Å². The number of carbonyl (C=O) groups is 2. The van der Waals surface area contributed by atoms with Gasteiger partial charge in [-0.25, -0.2) is 14.6 Å². The van der Waals surface area contributed by atoms with Gasteiger partial charge in [-0.15, -0.1) is 0 Å². The topological polar surface area (TPSA) is 116 Å². The van der Waals surface area contributed by atoms with Crippen molar-refractivity contribution in [2.24, 2.45) is 0 Å². The van der Waals surface area contributed by atoms with E-state index in [0.29, 0.717) is 6.54 Å². The molecule has 8 nitrogen and oxygen atoms in total. The maximum atomic E-state index is 11.3. The highest BCUT2D eigenvalue weighted by atomic mass is 16.4. The van der Waals surface area contributed by atoms with Crippen molar-refractivity contribution >= 4 is 12.0 Å². The van der Waals surface area contributed by atoms with Crippen molar-refractivity contribution in [1.29, 1.82) is 0 Å². The Morgan fingerprint density at radius 2 is 2.16 bits per heavy atom. The summed E-state index contributed by atoms with van der Waals surface area (Å²) in [5, 5.41) is 22.0. The minimum absolute atomic E-state index is 0.443. The van der Waals surface area contributed by atoms with Crippen molar-refractivity contribution in [1.82, 2.24) is 20.2 Å². The third kappa shape index (κ3) is 5.87. The molecule has 8 heteroatoms. The SMILES string of the molecule is O=C(NCCCCn1ccnc1)N[C@H](CO)C(=O)O. The largest absolute Gasteiger partial charge is 0.480 e. The summed E-state index contributed by atoms with van der Waals surface area (Å²) < 4.78 is 1.94. The molecule has 0 aliphatic carbocycles. The Kier molecular flexibility index (Phi) is 6.37. The van der Waals surface area contributed by atoms with E-state index in [0.717, 1.165) is 19.4 Å². The van der Waals surface area contributed by atoms with Crippen LogP contribution in [0, 0.1) is 0 Å². The molecule has 0 spiro atoms. The zero-order chi connectivity index (χ0) is 14.1. The number of carboxylic acid groups (broad SMARTS) is 1. The summed E-state index contributed by atoms with van der Waals surface area (Å²) in [5.41, 5.74) is 0. The number of hydrogen-bond donors (Lipinski definition) is 4. The number of nitrogens with one attached hydrogen (secondary N) is 2. The summed E-state index contributed by atoms with van der Waals surface area (Å²) in [6, 6.07) is -1.87. The second kappa shape index (κ2) is 8.09. The molecule has 0 fully saturated rings. The number of nitrogens with zero attached hydrogens (tertiary/aromatic N) is 2. The van der Waals surface area contributed by atoms with Crippen LogP contribution in [0.3, 0.4) is 0 Å². The summed E-state index contributed by atoms with van der Waals surface area (Å²) in [4.78, 5) is 25.8. The maximum Gasteiger partial charge on any atom is 0.328 e. The van der Waals surface area contributed by atoms with Crippen LogP contribution < -0.4 is 10.6 Å². The van der Waals surface area contributed by atoms with Crippen LogP contribution in [0.15, 0.2) is 18.7 Å². The van der Waals surface area contributed by atoms with E-state index in [1.165, 1.54) is 0 Å². The third-order valence-electron chi connectivity index (χ3n) is 2.47. The fourth-order valence-electron chi connectivity index (χ4n) is 1.44. The van der Waals surface area contributed by atoms with Gasteiger partial charge in [0.15, 0.2) is 6.04 Å². The van der Waals surface area contributed by atoms with Gasteiger partial charge in [0.25, 0.3) is 0 Å². The number of aryl methyl sites for hydroxylation is 1. The number of aromatic nitrogens is 2. The lowest BCUT2D eigenvalue weighted by atomic mass is 10.3. The Morgan fingerprint density at radius 1 is 1.37 bits per heavy atom. The van der Waals surface area contributed by atoms with Crippen LogP contribution in [-0.4, -0.2) is 51.0 Å². The van der Waals surface area contributed by atoms with Crippen molar-refractivity contribution in [2.75, 3.05) is 13.2 Å². The monoisotopic (exact) mass is 270 g/mol. The van der Waals surface area contributed by atoms with Crippen LogP contribution in [0.25, 0.3) is 0 Å². The van der Waals surface area contributed by atoms with Crippen LogP contribution in [0.5, 0.6) is 0 Å². The van der Waals surface area contributed by atoms with Crippen molar-refractivity contribution in [3.05, 3.63) is 18.7 Å². The number of rotatable bonds is 8. The van der Waals surface area contributed by atoms with Gasteiger partial charge >= 0.3 is 12.0 Å². The van der Waals surface area contributed by atoms with Gasteiger partial charge in [-0.1, -0.05) is 0 Å². The second-order valence-corrected chi connectivity index (χ2v) is 3.98. The summed E-state index contributed by atoms with van der Waals surface area (Å²) >= 11 is 0. The number of carboxylic acids is 1. The van der Waals surface area contributed by atoms with Crippen LogP contribution in [-0.2, 0) is 11.3 Å². The molecule has 1 atom stereocenters. The van der Waals surface area contributed by atoms with Crippen LogP contribution in [0.4, 0.5) is 4.79 Å². The quantitative estimate of drug-likeness (QED) is 0.471. The summed E-state index contributed by atoms with van der Waals surface area (Å²) in [6.07, 6.45) is 6.92. The number of aliphatic hydroxyl groups excluding tert-OH is 1. The number of imidazole rings is 1. The Bertz CT molecular complexity index is 393. The zero-order valence-corrected chi connectivity index (χ0v) is 10.5. The molecular formula is C11H18N4O4. The van der Waals surface area contributed by atoms with E-state index < -0.39 is 24.6 Å². The Labute approximate surface area is 110 Å². The van der Waals surface area contributed by atoms with E-state index in [9.17, 15) is 9.59 Å². The Balaban J connectivity index is 2.08. The summed E-state index contributed by atoms with van der Waals surface area (Å²) in [7, 11) is 0. The first-order valence-electron chi connectivity index (χ1n) is 5.97. The molecule has 0 aliphatic heterocycles. The van der Waals surface area contributed by atoms with E-state index in [1.54, 1.807) is 12.5 Å². The van der Waals surface area contributed by atoms with Crippen LogP contribution in [0.2, 0.25) is 0 Å². The van der Waals surface area contributed by atoms with Crippen molar-refractivity contribution in [3.63, 3.8) is 0 Å². The molecular weight excluding hydrogens is 252 g/mol. The molecule has 0 saturated heterocycles. The summed E-state index contributed by atoms with van der Waals surface area (Å²) in [5.74, 6) is -1.27. The first-order valence-corrected chi connectivity index (χ1v) is 5.97.